The molecule has 552 valence electrons. The van der Waals surface area contributed by atoms with Crippen molar-refractivity contribution >= 4 is 87.2 Å². The van der Waals surface area contributed by atoms with Crippen LogP contribution in [0, 0.1) is 0 Å². The molecule has 23 aromatic rings. The van der Waals surface area contributed by atoms with Crippen molar-refractivity contribution < 1.29 is 0 Å². The first-order valence-corrected chi connectivity index (χ1v) is 39.9. The molecule has 118 heavy (non-hydrogen) atoms. The monoisotopic (exact) mass is 1510 g/mol. The number of fused-ring (bicyclic) bond motifs is 14. The van der Waals surface area contributed by atoms with Gasteiger partial charge < -0.3 is 18.3 Å². The van der Waals surface area contributed by atoms with E-state index in [4.69, 9.17) is 24.9 Å². The molecule has 0 saturated heterocycles. The summed E-state index contributed by atoms with van der Waals surface area (Å²) >= 11 is 0. The number of para-hydroxylation sites is 6. The fourth-order valence-corrected chi connectivity index (χ4v) is 17.4. The average molecular weight is 1510 g/mol. The van der Waals surface area contributed by atoms with E-state index in [9.17, 15) is 0 Å². The Kier molecular flexibility index (Phi) is 17.0. The quantitative estimate of drug-likeness (QED) is 0.115. The van der Waals surface area contributed by atoms with Gasteiger partial charge in [0.2, 0.25) is 0 Å². The van der Waals surface area contributed by atoms with Crippen LogP contribution in [0.15, 0.2) is 431 Å². The van der Waals surface area contributed by atoms with Crippen LogP contribution in [0.25, 0.3) is 211 Å². The molecule has 0 aliphatic carbocycles. The molecule has 0 amide bonds. The van der Waals surface area contributed by atoms with Crippen LogP contribution in [0.1, 0.15) is 0 Å². The second-order valence-electron chi connectivity index (χ2n) is 29.9. The normalized spacial score (nSPS) is 11.6. The van der Waals surface area contributed by atoms with Crippen molar-refractivity contribution in [3.8, 4) is 124 Å². The Labute approximate surface area is 680 Å². The van der Waals surface area contributed by atoms with Gasteiger partial charge in [0.15, 0.2) is 23.3 Å². The van der Waals surface area contributed by atoms with Crippen molar-refractivity contribution in [3.05, 3.63) is 431 Å². The summed E-state index contributed by atoms with van der Waals surface area (Å²) in [6, 6.07) is 152. The molecule has 9 nitrogen and oxygen atoms in total. The van der Waals surface area contributed by atoms with Crippen LogP contribution in [0.2, 0.25) is 0 Å². The minimum Gasteiger partial charge on any atom is -0.309 e. The molecule has 0 aliphatic heterocycles. The molecule has 0 saturated carbocycles. The van der Waals surface area contributed by atoms with Gasteiger partial charge >= 0.3 is 0 Å². The van der Waals surface area contributed by atoms with Crippen molar-refractivity contribution in [2.75, 3.05) is 0 Å². The number of aromatic nitrogens is 9. The molecule has 23 rings (SSSR count). The van der Waals surface area contributed by atoms with E-state index in [1.807, 2.05) is 48.5 Å². The molecule has 17 aromatic carbocycles. The van der Waals surface area contributed by atoms with Gasteiger partial charge in [0, 0.05) is 99.2 Å². The average Bonchev–Trinajstić information content (AvgIpc) is 1.55. The Morgan fingerprint density at radius 2 is 0.415 bits per heavy atom. The lowest BCUT2D eigenvalue weighted by Crippen LogP contribution is -2.00. The van der Waals surface area contributed by atoms with Crippen molar-refractivity contribution in [1.29, 1.82) is 0 Å². The molecule has 0 bridgehead atoms. The molecule has 0 spiro atoms. The Morgan fingerprint density at radius 1 is 0.144 bits per heavy atom. The summed E-state index contributed by atoms with van der Waals surface area (Å²) in [5.41, 5.74) is 28.4. The molecule has 0 fully saturated rings. The van der Waals surface area contributed by atoms with E-state index in [-0.39, 0.29) is 0 Å². The fourth-order valence-electron chi connectivity index (χ4n) is 17.4. The van der Waals surface area contributed by atoms with Gasteiger partial charge in [-0.05, 0) is 143 Å². The van der Waals surface area contributed by atoms with Crippen LogP contribution >= 0.6 is 0 Å². The zero-order valence-electron chi connectivity index (χ0n) is 64.0. The lowest BCUT2D eigenvalue weighted by atomic mass is 10.0. The van der Waals surface area contributed by atoms with Gasteiger partial charge in [0.1, 0.15) is 0 Å². The van der Waals surface area contributed by atoms with Crippen LogP contribution in [-0.2, 0) is 0 Å². The van der Waals surface area contributed by atoms with Crippen molar-refractivity contribution in [2.24, 2.45) is 0 Å². The molecule has 0 radical (unpaired) electrons. The highest BCUT2D eigenvalue weighted by Gasteiger charge is 2.25. The summed E-state index contributed by atoms with van der Waals surface area (Å²) in [6.07, 6.45) is 0. The van der Waals surface area contributed by atoms with Crippen LogP contribution in [0.5, 0.6) is 0 Å². The van der Waals surface area contributed by atoms with E-state index in [2.05, 4.69) is 400 Å². The number of hydrogen-bond donors (Lipinski definition) is 0. The molecular formula is C109H71N9. The minimum atomic E-state index is 0.627. The molecule has 0 aliphatic rings. The van der Waals surface area contributed by atoms with Crippen LogP contribution in [0.4, 0.5) is 0 Å². The van der Waals surface area contributed by atoms with Gasteiger partial charge in [0.25, 0.3) is 0 Å². The van der Waals surface area contributed by atoms with Gasteiger partial charge in [-0.25, -0.2) is 24.9 Å². The van der Waals surface area contributed by atoms with Gasteiger partial charge in [-0.2, -0.15) is 0 Å². The largest absolute Gasteiger partial charge is 0.309 e. The first-order valence-electron chi connectivity index (χ1n) is 39.9. The Hall–Kier alpha value is -16.0. The molecule has 6 aromatic heterocycles. The number of nitrogens with zero attached hydrogens (tertiary/aromatic N) is 9. The highest BCUT2D eigenvalue weighted by atomic mass is 15.1. The number of rotatable bonds is 13. The first-order chi connectivity index (χ1) is 58.5. The van der Waals surface area contributed by atoms with Gasteiger partial charge in [-0.3, -0.25) is 0 Å². The van der Waals surface area contributed by atoms with E-state index in [1.54, 1.807) is 0 Å². The fraction of sp³-hybridized carbons (Fsp3) is 0. The molecule has 0 unspecified atom stereocenters. The summed E-state index contributed by atoms with van der Waals surface area (Å²) < 4.78 is 9.64. The zero-order chi connectivity index (χ0) is 78.0. The summed E-state index contributed by atoms with van der Waals surface area (Å²) in [6.45, 7) is 0. The van der Waals surface area contributed by atoms with Crippen molar-refractivity contribution in [1.82, 2.24) is 43.2 Å². The predicted octanol–water partition coefficient (Wildman–Crippen LogP) is 27.7. The Morgan fingerprint density at radius 3 is 0.839 bits per heavy atom. The summed E-state index contributed by atoms with van der Waals surface area (Å²) in [5.74, 6) is 2.59. The maximum Gasteiger partial charge on any atom is 0.164 e. The third-order valence-electron chi connectivity index (χ3n) is 22.9. The number of hydrogen-bond acceptors (Lipinski definition) is 5. The van der Waals surface area contributed by atoms with Crippen molar-refractivity contribution in [2.45, 2.75) is 0 Å². The van der Waals surface area contributed by atoms with E-state index in [0.717, 1.165) is 106 Å². The summed E-state index contributed by atoms with van der Waals surface area (Å²) in [4.78, 5) is 25.5. The third-order valence-corrected chi connectivity index (χ3v) is 22.9. The second-order valence-corrected chi connectivity index (χ2v) is 29.9. The van der Waals surface area contributed by atoms with Gasteiger partial charge in [0.05, 0.1) is 55.5 Å². The maximum atomic E-state index is 5.23. The first kappa shape index (κ1) is 68.8. The zero-order valence-corrected chi connectivity index (χ0v) is 64.0. The Bertz CT molecular complexity index is 7610. The van der Waals surface area contributed by atoms with Crippen LogP contribution in [-0.4, -0.2) is 43.2 Å². The van der Waals surface area contributed by atoms with Gasteiger partial charge in [-0.1, -0.05) is 322 Å². The molecular weight excluding hydrogens is 1440 g/mol. The van der Waals surface area contributed by atoms with E-state index in [0.29, 0.717) is 23.3 Å². The summed E-state index contributed by atoms with van der Waals surface area (Å²) in [5, 5.41) is 9.88. The van der Waals surface area contributed by atoms with E-state index < -0.39 is 0 Å². The standard InChI is InChI=1S/C58H38N4.C51H33N5/c1-4-14-39(15-5-1)41-24-28-43(29-25-41)51-38-52(60-58(59-51)45-30-26-42(27-31-45)40-16-6-2-7-17-40)44-32-34-47(35-33-44)61-54-23-13-11-21-50(54)56-55(61)37-36-49-48-20-10-12-22-53(48)62(57(49)56)46-18-8-3-9-19-46;1-4-15-34(16-5-1)37-19-14-20-38(33-37)51-53-49(35-17-6-2-7-18-35)52-50(54-51)36-27-29-40(30-28-36)55-45-26-13-11-24-43(45)47-46(55)32-31-42-41-23-10-12-25-44(41)56(48(42)47)39-21-8-3-9-22-39/h1-38H;1-33H. The third kappa shape index (κ3) is 12.2. The molecule has 9 heteroatoms. The van der Waals surface area contributed by atoms with Gasteiger partial charge in [-0.15, -0.1) is 0 Å². The van der Waals surface area contributed by atoms with Crippen LogP contribution < -0.4 is 0 Å². The van der Waals surface area contributed by atoms with E-state index in [1.165, 1.54) is 81.8 Å². The summed E-state index contributed by atoms with van der Waals surface area (Å²) in [7, 11) is 0. The predicted molar refractivity (Wildman–Crippen MR) is 488 cm³/mol. The lowest BCUT2D eigenvalue weighted by molar-refractivity contribution is 1.07. The Balaban J connectivity index is 0.000000143. The molecule has 6 heterocycles. The van der Waals surface area contributed by atoms with Crippen molar-refractivity contribution in [3.63, 3.8) is 0 Å². The lowest BCUT2D eigenvalue weighted by Gasteiger charge is -2.12. The number of benzene rings is 17. The maximum absolute atomic E-state index is 5.23. The topological polar surface area (TPSA) is 84.2 Å². The minimum absolute atomic E-state index is 0.627. The highest BCUT2D eigenvalue weighted by Crippen LogP contribution is 2.46. The SMILES string of the molecule is c1ccc(-c2ccc(-c3cc(-c4ccc(-n5c6ccccc6c6c5ccc5c7ccccc7n(-c7ccccc7)c56)cc4)nc(-c4ccc(-c5ccccc5)cc4)n3)cc2)cc1.c1ccc(-c2cccc(-c3nc(-c4ccccc4)nc(-c4ccc(-n5c6ccccc6c6c5ccc5c7ccccc7n(-c7ccccc7)c56)cc4)n3)c2)cc1. The molecule has 0 N–H and O–H groups in total. The highest BCUT2D eigenvalue weighted by molar-refractivity contribution is 6.28. The van der Waals surface area contributed by atoms with Crippen LogP contribution in [0.3, 0.4) is 0 Å². The second kappa shape index (κ2) is 29.2. The van der Waals surface area contributed by atoms with E-state index >= 15 is 0 Å². The molecule has 0 atom stereocenters. The smallest absolute Gasteiger partial charge is 0.164 e.